The fourth-order valence-electron chi connectivity index (χ4n) is 11.5. The average Bonchev–Trinajstić information content (AvgIpc) is 3.55. The van der Waals surface area contributed by atoms with Gasteiger partial charge in [-0.05, 0) is 95.8 Å². The fraction of sp³-hybridized carbons (Fsp3) is 0.833. The van der Waals surface area contributed by atoms with Gasteiger partial charge >= 0.3 is 0 Å². The Kier molecular flexibility index (Phi) is 9.18. The molecule has 0 amide bonds. The molecule has 0 aromatic rings. The normalized spacial score (nSPS) is 53.5. The highest BCUT2D eigenvalue weighted by atomic mass is 16.8. The van der Waals surface area contributed by atoms with Crippen molar-refractivity contribution >= 4 is 5.71 Å². The maximum Gasteiger partial charge on any atom is 0.200 e. The van der Waals surface area contributed by atoms with Gasteiger partial charge in [-0.25, -0.2) is 0 Å². The van der Waals surface area contributed by atoms with Crippen LogP contribution in [0.3, 0.4) is 0 Å². The van der Waals surface area contributed by atoms with E-state index in [-0.39, 0.29) is 35.6 Å². The van der Waals surface area contributed by atoms with E-state index in [0.29, 0.717) is 43.9 Å². The summed E-state index contributed by atoms with van der Waals surface area (Å²) >= 11 is 0. The van der Waals surface area contributed by atoms with Crippen molar-refractivity contribution < 1.29 is 33.9 Å². The van der Waals surface area contributed by atoms with Gasteiger partial charge in [0.2, 0.25) is 5.79 Å². The Labute approximate surface area is 300 Å². The quantitative estimate of drug-likeness (QED) is 0.272. The lowest BCUT2D eigenvalue weighted by Gasteiger charge is -2.50. The zero-order valence-corrected chi connectivity index (χ0v) is 31.3. The molecule has 0 unspecified atom stereocenters. The van der Waals surface area contributed by atoms with Crippen LogP contribution >= 0.6 is 0 Å². The van der Waals surface area contributed by atoms with Crippen LogP contribution in [0.15, 0.2) is 40.9 Å². The summed E-state index contributed by atoms with van der Waals surface area (Å²) in [4.78, 5) is 5.49. The summed E-state index contributed by atoms with van der Waals surface area (Å²) in [6.07, 6.45) is 17.6. The van der Waals surface area contributed by atoms with Gasteiger partial charge in [-0.2, -0.15) is 0 Å². The average molecular weight is 694 g/mol. The van der Waals surface area contributed by atoms with Gasteiger partial charge in [0.15, 0.2) is 11.6 Å². The fourth-order valence-corrected chi connectivity index (χ4v) is 11.5. The van der Waals surface area contributed by atoms with Crippen LogP contribution in [0, 0.1) is 29.1 Å². The summed E-state index contributed by atoms with van der Waals surface area (Å²) in [6.45, 7) is 16.1. The van der Waals surface area contributed by atoms with Gasteiger partial charge in [0.25, 0.3) is 0 Å². The second-order valence-corrected chi connectivity index (χ2v) is 18.3. The highest BCUT2D eigenvalue weighted by molar-refractivity contribution is 5.91. The summed E-state index contributed by atoms with van der Waals surface area (Å²) in [7, 11) is 0. The molecule has 14 atom stereocenters. The van der Waals surface area contributed by atoms with Gasteiger partial charge in [0.05, 0.1) is 24.4 Å². The first-order chi connectivity index (χ1) is 23.8. The molecule has 0 saturated carbocycles. The lowest BCUT2D eigenvalue weighted by molar-refractivity contribution is -0.403. The SMILES string of the molecule is C=CC1=C[C@@H]2[C@@H]3O[C@]4(C[C@H]5CCC[C@@]6(CC[C@@]7(O[C@@H](CC[C@@]7(C)O)C/C(C)=C/CCC7=NC[C@H](C)[C@@H](C)C[C@@]72CC1)O6)O5)C[C@@H](C)[C@@H](O)[C@H]3O4. The summed E-state index contributed by atoms with van der Waals surface area (Å²) in [5.41, 5.74) is 2.60. The maximum atomic E-state index is 11.8. The van der Waals surface area contributed by atoms with E-state index in [2.05, 4.69) is 46.4 Å². The number of aliphatic imine (C=N–C) groups is 1. The van der Waals surface area contributed by atoms with Crippen molar-refractivity contribution in [3.8, 4) is 0 Å². The van der Waals surface area contributed by atoms with E-state index in [0.717, 1.165) is 70.8 Å². The molecule has 278 valence electrons. The Morgan fingerprint density at radius 2 is 1.68 bits per heavy atom. The molecular weight excluding hydrogens is 630 g/mol. The number of rotatable bonds is 1. The first-order valence-corrected chi connectivity index (χ1v) is 20.1. The Balaban J connectivity index is 1.21. The third-order valence-corrected chi connectivity index (χ3v) is 14.6. The Morgan fingerprint density at radius 3 is 2.50 bits per heavy atom. The van der Waals surface area contributed by atoms with E-state index in [9.17, 15) is 10.2 Å². The molecular formula is C42H63NO7. The molecule has 5 fully saturated rings. The van der Waals surface area contributed by atoms with Crippen molar-refractivity contribution in [2.45, 2.75) is 184 Å². The van der Waals surface area contributed by atoms with E-state index in [4.69, 9.17) is 28.7 Å². The van der Waals surface area contributed by atoms with Gasteiger partial charge in [-0.3, -0.25) is 4.99 Å². The van der Waals surface area contributed by atoms with Gasteiger partial charge in [-0.15, -0.1) is 0 Å². The van der Waals surface area contributed by atoms with Crippen LogP contribution in [-0.2, 0) is 23.7 Å². The number of hydrogen-bond acceptors (Lipinski definition) is 8. The third kappa shape index (κ3) is 5.95. The molecule has 7 aliphatic heterocycles. The topological polar surface area (TPSA) is 99.0 Å². The van der Waals surface area contributed by atoms with Gasteiger partial charge in [0, 0.05) is 55.7 Å². The number of aliphatic hydroxyl groups is 2. The molecule has 8 rings (SSSR count). The minimum absolute atomic E-state index is 0.0138. The summed E-state index contributed by atoms with van der Waals surface area (Å²) in [6, 6.07) is 0. The highest BCUT2D eigenvalue weighted by Crippen LogP contribution is 2.58. The minimum Gasteiger partial charge on any atom is -0.390 e. The number of ether oxygens (including phenoxy) is 5. The summed E-state index contributed by atoms with van der Waals surface area (Å²) < 4.78 is 35.2. The maximum absolute atomic E-state index is 11.8. The first-order valence-electron chi connectivity index (χ1n) is 20.1. The molecule has 0 aromatic carbocycles. The monoisotopic (exact) mass is 693 g/mol. The lowest BCUT2D eigenvalue weighted by atomic mass is 9.57. The zero-order chi connectivity index (χ0) is 35.1. The lowest BCUT2D eigenvalue weighted by Crippen LogP contribution is -2.60. The number of nitrogens with zero attached hydrogens (tertiary/aromatic N) is 1. The number of aliphatic hydroxyl groups excluding tert-OH is 1. The van der Waals surface area contributed by atoms with Gasteiger partial charge < -0.3 is 33.9 Å². The smallest absolute Gasteiger partial charge is 0.200 e. The molecule has 0 radical (unpaired) electrons. The molecule has 0 aromatic heterocycles. The van der Waals surface area contributed by atoms with E-state index in [1.807, 2.05) is 13.0 Å². The van der Waals surface area contributed by atoms with Crippen LogP contribution in [0.25, 0.3) is 0 Å². The largest absolute Gasteiger partial charge is 0.390 e. The van der Waals surface area contributed by atoms with Crippen LogP contribution in [0.2, 0.25) is 0 Å². The number of allylic oxidation sites excluding steroid dienone is 3. The van der Waals surface area contributed by atoms with Gasteiger partial charge in [-0.1, -0.05) is 56.7 Å². The Hall–Kier alpha value is -1.39. The molecule has 4 spiro atoms. The molecule has 8 aliphatic rings. The molecule has 8 heteroatoms. The second-order valence-electron chi connectivity index (χ2n) is 18.3. The van der Waals surface area contributed by atoms with Crippen molar-refractivity contribution in [1.82, 2.24) is 0 Å². The van der Waals surface area contributed by atoms with E-state index in [1.54, 1.807) is 0 Å². The molecule has 1 aliphatic carbocycles. The van der Waals surface area contributed by atoms with Crippen LogP contribution in [-0.4, -0.2) is 76.0 Å². The molecule has 7 bridgehead atoms. The Morgan fingerprint density at radius 1 is 0.860 bits per heavy atom. The van der Waals surface area contributed by atoms with Crippen LogP contribution in [0.5, 0.6) is 0 Å². The summed E-state index contributed by atoms with van der Waals surface area (Å²) in [5, 5.41) is 23.6. The van der Waals surface area contributed by atoms with Crippen molar-refractivity contribution in [3.63, 3.8) is 0 Å². The number of hydrogen-bond donors (Lipinski definition) is 2. The van der Waals surface area contributed by atoms with Crippen molar-refractivity contribution in [2.24, 2.45) is 34.1 Å². The van der Waals surface area contributed by atoms with Crippen molar-refractivity contribution in [3.05, 3.63) is 36.0 Å². The van der Waals surface area contributed by atoms with Crippen molar-refractivity contribution in [1.29, 1.82) is 0 Å². The van der Waals surface area contributed by atoms with E-state index in [1.165, 1.54) is 16.9 Å². The van der Waals surface area contributed by atoms with Gasteiger partial charge in [0.1, 0.15) is 11.7 Å². The first kappa shape index (κ1) is 35.6. The van der Waals surface area contributed by atoms with Crippen molar-refractivity contribution in [2.75, 3.05) is 6.54 Å². The molecule has 50 heavy (non-hydrogen) atoms. The van der Waals surface area contributed by atoms with Crippen LogP contribution in [0.4, 0.5) is 0 Å². The van der Waals surface area contributed by atoms with E-state index >= 15 is 0 Å². The van der Waals surface area contributed by atoms with Crippen LogP contribution in [0.1, 0.15) is 131 Å². The molecule has 7 heterocycles. The standard InChI is InChI=1S/C42H63NO7/c1-7-30-13-17-39-22-27(3)29(5)25-43-34(39)12-8-10-26(2)20-31-14-16-38(6,45)42(47-31)19-18-40(50-42)15-9-11-32(46-40)24-41-23-28(4)35(44)37(49-41)36(48-41)33(39)21-30/h7,10,21,27-29,31-33,35-37,44-45H,1,8-9,11-20,22-25H2,2-6H3/b26-10+/t27-,28+,29-,31-,32+,33+,35+,36-,37+,38+,39+,40+,41+,42+/m0/s1. The highest BCUT2D eigenvalue weighted by Gasteiger charge is 2.65. The Bertz CT molecular complexity index is 1420. The van der Waals surface area contributed by atoms with E-state index < -0.39 is 35.2 Å². The number of fused-ring (bicyclic) bond motifs is 6. The minimum atomic E-state index is -1.10. The molecule has 8 nitrogen and oxygen atoms in total. The third-order valence-electron chi connectivity index (χ3n) is 14.6. The molecule has 5 saturated heterocycles. The predicted octanol–water partition coefficient (Wildman–Crippen LogP) is 7.72. The second kappa shape index (κ2) is 12.9. The van der Waals surface area contributed by atoms with Crippen LogP contribution < -0.4 is 0 Å². The molecule has 2 N–H and O–H groups in total. The summed E-state index contributed by atoms with van der Waals surface area (Å²) in [5.74, 6) is -1.69. The zero-order valence-electron chi connectivity index (χ0n) is 31.3. The predicted molar refractivity (Wildman–Crippen MR) is 192 cm³/mol.